The normalized spacial score (nSPS) is 31.5. The third-order valence-electron chi connectivity index (χ3n) is 3.92. The van der Waals surface area contributed by atoms with Gasteiger partial charge in [-0.1, -0.05) is 19.3 Å². The van der Waals surface area contributed by atoms with Crippen LogP contribution in [0.2, 0.25) is 0 Å². The standard InChI is InChI=1S/C13H25NO2S/c1-11(14)9-17(15)10-12-5-8-13(16-12)6-3-2-4-7-13/h11-12H,2-10,14H2,1H3. The van der Waals surface area contributed by atoms with Crippen molar-refractivity contribution in [2.45, 2.75) is 69.6 Å². The average molecular weight is 259 g/mol. The van der Waals surface area contributed by atoms with Gasteiger partial charge in [0, 0.05) is 28.3 Å². The van der Waals surface area contributed by atoms with Crippen molar-refractivity contribution in [1.82, 2.24) is 0 Å². The fourth-order valence-electron chi connectivity index (χ4n) is 3.15. The molecule has 3 atom stereocenters. The molecule has 1 spiro atoms. The van der Waals surface area contributed by atoms with E-state index in [0.29, 0.717) is 11.5 Å². The lowest BCUT2D eigenvalue weighted by Crippen LogP contribution is -2.33. The van der Waals surface area contributed by atoms with Crippen molar-refractivity contribution in [3.8, 4) is 0 Å². The van der Waals surface area contributed by atoms with E-state index in [9.17, 15) is 4.21 Å². The predicted molar refractivity (Wildman–Crippen MR) is 71.4 cm³/mol. The topological polar surface area (TPSA) is 52.3 Å². The molecule has 3 nitrogen and oxygen atoms in total. The molecule has 0 amide bonds. The number of hydrogen-bond acceptors (Lipinski definition) is 3. The Hall–Kier alpha value is 0.0700. The first-order valence-electron chi connectivity index (χ1n) is 6.88. The van der Waals surface area contributed by atoms with Gasteiger partial charge in [-0.2, -0.15) is 0 Å². The monoisotopic (exact) mass is 259 g/mol. The highest BCUT2D eigenvalue weighted by Crippen LogP contribution is 2.41. The molecule has 0 aromatic heterocycles. The summed E-state index contributed by atoms with van der Waals surface area (Å²) in [6.45, 7) is 1.91. The van der Waals surface area contributed by atoms with Crippen LogP contribution >= 0.6 is 0 Å². The minimum absolute atomic E-state index is 0.0286. The quantitative estimate of drug-likeness (QED) is 0.839. The molecule has 0 bridgehead atoms. The first-order chi connectivity index (χ1) is 8.10. The number of hydrogen-bond donors (Lipinski definition) is 1. The van der Waals surface area contributed by atoms with Crippen LogP contribution in [0.5, 0.6) is 0 Å². The smallest absolute Gasteiger partial charge is 0.0698 e. The SMILES string of the molecule is CC(N)CS(=O)CC1CCC2(CCCCC2)O1. The van der Waals surface area contributed by atoms with Crippen LogP contribution < -0.4 is 5.73 Å². The molecule has 1 aliphatic heterocycles. The van der Waals surface area contributed by atoms with Gasteiger partial charge < -0.3 is 10.5 Å². The van der Waals surface area contributed by atoms with Crippen molar-refractivity contribution in [3.63, 3.8) is 0 Å². The first-order valence-corrected chi connectivity index (χ1v) is 8.37. The van der Waals surface area contributed by atoms with Gasteiger partial charge in [0.05, 0.1) is 11.7 Å². The van der Waals surface area contributed by atoms with Crippen molar-refractivity contribution in [1.29, 1.82) is 0 Å². The summed E-state index contributed by atoms with van der Waals surface area (Å²) in [7, 11) is -0.811. The van der Waals surface area contributed by atoms with Crippen LogP contribution in [0.4, 0.5) is 0 Å². The van der Waals surface area contributed by atoms with Gasteiger partial charge in [0.2, 0.25) is 0 Å². The van der Waals surface area contributed by atoms with Gasteiger partial charge in [-0.25, -0.2) is 0 Å². The fraction of sp³-hybridized carbons (Fsp3) is 1.00. The van der Waals surface area contributed by atoms with Crippen LogP contribution in [0, 0.1) is 0 Å². The second-order valence-electron chi connectivity index (χ2n) is 5.77. The van der Waals surface area contributed by atoms with Gasteiger partial charge in [0.1, 0.15) is 0 Å². The van der Waals surface area contributed by atoms with Gasteiger partial charge in [0.25, 0.3) is 0 Å². The molecule has 4 heteroatoms. The summed E-state index contributed by atoms with van der Waals surface area (Å²) < 4.78 is 18.0. The minimum Gasteiger partial charge on any atom is -0.371 e. The van der Waals surface area contributed by atoms with E-state index in [0.717, 1.165) is 6.42 Å². The Kier molecular flexibility index (Phi) is 4.61. The Labute approximate surface area is 107 Å². The second-order valence-corrected chi connectivity index (χ2v) is 7.32. The maximum Gasteiger partial charge on any atom is 0.0698 e. The minimum atomic E-state index is -0.811. The van der Waals surface area contributed by atoms with Crippen LogP contribution in [-0.4, -0.2) is 33.5 Å². The third-order valence-corrected chi connectivity index (χ3v) is 5.57. The molecule has 1 saturated carbocycles. The zero-order valence-corrected chi connectivity index (χ0v) is 11.6. The molecule has 100 valence electrons. The molecule has 2 rings (SSSR count). The largest absolute Gasteiger partial charge is 0.371 e. The third kappa shape index (κ3) is 3.76. The van der Waals surface area contributed by atoms with Gasteiger partial charge in [-0.05, 0) is 32.6 Å². The highest BCUT2D eigenvalue weighted by molar-refractivity contribution is 7.85. The van der Waals surface area contributed by atoms with E-state index in [1.165, 1.54) is 38.5 Å². The zero-order valence-electron chi connectivity index (χ0n) is 10.8. The van der Waals surface area contributed by atoms with Crippen molar-refractivity contribution >= 4 is 10.8 Å². The lowest BCUT2D eigenvalue weighted by atomic mass is 9.83. The van der Waals surface area contributed by atoms with Crippen LogP contribution in [0.15, 0.2) is 0 Å². The van der Waals surface area contributed by atoms with Gasteiger partial charge in [0.15, 0.2) is 0 Å². The average Bonchev–Trinajstić information content (AvgIpc) is 2.61. The van der Waals surface area contributed by atoms with Crippen LogP contribution in [-0.2, 0) is 15.5 Å². The second kappa shape index (κ2) is 5.81. The Morgan fingerprint density at radius 2 is 2.06 bits per heavy atom. The van der Waals surface area contributed by atoms with Crippen LogP contribution in [0.1, 0.15) is 51.9 Å². The number of ether oxygens (including phenoxy) is 1. The zero-order chi connectivity index (χ0) is 12.3. The van der Waals surface area contributed by atoms with Gasteiger partial charge >= 0.3 is 0 Å². The van der Waals surface area contributed by atoms with Gasteiger partial charge in [-0.15, -0.1) is 0 Å². The summed E-state index contributed by atoms with van der Waals surface area (Å²) >= 11 is 0. The van der Waals surface area contributed by atoms with Crippen LogP contribution in [0.25, 0.3) is 0 Å². The van der Waals surface area contributed by atoms with E-state index in [1.807, 2.05) is 6.92 Å². The molecule has 1 saturated heterocycles. The van der Waals surface area contributed by atoms with Crippen molar-refractivity contribution < 1.29 is 8.95 Å². The lowest BCUT2D eigenvalue weighted by molar-refractivity contribution is -0.0557. The maximum absolute atomic E-state index is 11.8. The Bertz CT molecular complexity index is 275. The van der Waals surface area contributed by atoms with Crippen molar-refractivity contribution in [2.75, 3.05) is 11.5 Å². The van der Waals surface area contributed by atoms with E-state index in [4.69, 9.17) is 10.5 Å². The maximum atomic E-state index is 11.8. The van der Waals surface area contributed by atoms with Crippen molar-refractivity contribution in [3.05, 3.63) is 0 Å². The molecule has 0 aromatic carbocycles. The van der Waals surface area contributed by atoms with Gasteiger partial charge in [-0.3, -0.25) is 4.21 Å². The summed E-state index contributed by atoms with van der Waals surface area (Å²) in [5.41, 5.74) is 5.82. The Morgan fingerprint density at radius 1 is 1.35 bits per heavy atom. The molecular weight excluding hydrogens is 234 g/mol. The fourth-order valence-corrected chi connectivity index (χ4v) is 4.52. The van der Waals surface area contributed by atoms with E-state index < -0.39 is 10.8 Å². The van der Waals surface area contributed by atoms with E-state index >= 15 is 0 Å². The molecule has 2 fully saturated rings. The summed E-state index contributed by atoms with van der Waals surface area (Å²) in [6, 6.07) is 0.0286. The molecule has 1 heterocycles. The highest BCUT2D eigenvalue weighted by Gasteiger charge is 2.41. The van der Waals surface area contributed by atoms with E-state index in [2.05, 4.69) is 0 Å². The molecule has 0 aromatic rings. The molecule has 3 unspecified atom stereocenters. The number of nitrogens with two attached hydrogens (primary N) is 1. The van der Waals surface area contributed by atoms with Crippen LogP contribution in [0.3, 0.4) is 0 Å². The molecular formula is C13H25NO2S. The summed E-state index contributed by atoms with van der Waals surface area (Å²) in [6.07, 6.45) is 8.86. The first kappa shape index (κ1) is 13.5. The highest BCUT2D eigenvalue weighted by atomic mass is 32.2. The lowest BCUT2D eigenvalue weighted by Gasteiger charge is -2.33. The predicted octanol–water partition coefficient (Wildman–Crippen LogP) is 1.96. The Morgan fingerprint density at radius 3 is 2.71 bits per heavy atom. The van der Waals surface area contributed by atoms with Crippen molar-refractivity contribution in [2.24, 2.45) is 5.73 Å². The molecule has 17 heavy (non-hydrogen) atoms. The number of rotatable bonds is 4. The molecule has 2 N–H and O–H groups in total. The molecule has 0 radical (unpaired) electrons. The summed E-state index contributed by atoms with van der Waals surface area (Å²) in [5.74, 6) is 1.29. The van der Waals surface area contributed by atoms with E-state index in [1.54, 1.807) is 0 Å². The molecule has 2 aliphatic rings. The Balaban J connectivity index is 1.79. The summed E-state index contributed by atoms with van der Waals surface area (Å²) in [4.78, 5) is 0. The van der Waals surface area contributed by atoms with E-state index in [-0.39, 0.29) is 17.7 Å². The summed E-state index contributed by atoms with van der Waals surface area (Å²) in [5, 5.41) is 0. The molecule has 1 aliphatic carbocycles.